The molecule has 2 aromatic rings. The Morgan fingerprint density at radius 3 is 2.68 bits per heavy atom. The number of esters is 1. The van der Waals surface area contributed by atoms with E-state index in [1.807, 2.05) is 37.3 Å². The Bertz CT molecular complexity index is 745. The Hall–Kier alpha value is -3.06. The average molecular weight is 293 g/mol. The van der Waals surface area contributed by atoms with E-state index in [2.05, 4.69) is 6.58 Å². The fraction of sp³-hybridized carbons (Fsp3) is 0.111. The van der Waals surface area contributed by atoms with Gasteiger partial charge in [0.15, 0.2) is 0 Å². The number of furan rings is 1. The topological polar surface area (TPSA) is 63.2 Å². The molecule has 0 aliphatic rings. The fourth-order valence-electron chi connectivity index (χ4n) is 1.79. The first-order chi connectivity index (χ1) is 10.6. The van der Waals surface area contributed by atoms with E-state index < -0.39 is 5.97 Å². The smallest absolute Gasteiger partial charge is 0.349 e. The van der Waals surface area contributed by atoms with E-state index in [0.29, 0.717) is 11.5 Å². The van der Waals surface area contributed by atoms with Gasteiger partial charge in [0.2, 0.25) is 0 Å². The number of rotatable bonds is 5. The molecule has 0 N–H and O–H groups in total. The van der Waals surface area contributed by atoms with Crippen LogP contribution in [-0.4, -0.2) is 12.6 Å². The maximum absolute atomic E-state index is 11.6. The Morgan fingerprint density at radius 2 is 2.05 bits per heavy atom. The van der Waals surface area contributed by atoms with Crippen LogP contribution in [0.2, 0.25) is 0 Å². The molecule has 0 amide bonds. The Labute approximate surface area is 128 Å². The van der Waals surface area contributed by atoms with Gasteiger partial charge in [0.05, 0.1) is 0 Å². The predicted octanol–water partition coefficient (Wildman–Crippen LogP) is 3.89. The first-order valence-electron chi connectivity index (χ1n) is 6.70. The molecule has 0 bridgehead atoms. The molecule has 1 heterocycles. The molecule has 0 saturated heterocycles. The van der Waals surface area contributed by atoms with Crippen LogP contribution in [-0.2, 0) is 9.53 Å². The second-order valence-corrected chi connectivity index (χ2v) is 4.62. The summed E-state index contributed by atoms with van der Waals surface area (Å²) in [4.78, 5) is 11.6. The minimum absolute atomic E-state index is 0.0601. The second-order valence-electron chi connectivity index (χ2n) is 4.62. The summed E-state index contributed by atoms with van der Waals surface area (Å²) in [6.07, 6.45) is 2.80. The van der Waals surface area contributed by atoms with Crippen LogP contribution in [0.3, 0.4) is 0 Å². The summed E-state index contributed by atoms with van der Waals surface area (Å²) in [5, 5.41) is 9.02. The molecule has 1 aromatic carbocycles. The van der Waals surface area contributed by atoms with Gasteiger partial charge < -0.3 is 9.15 Å². The van der Waals surface area contributed by atoms with Crippen LogP contribution in [0.15, 0.2) is 59.0 Å². The zero-order chi connectivity index (χ0) is 15.9. The lowest BCUT2D eigenvalue weighted by Gasteiger charge is -1.99. The highest BCUT2D eigenvalue weighted by molar-refractivity contribution is 5.97. The van der Waals surface area contributed by atoms with Crippen LogP contribution in [0.4, 0.5) is 0 Å². The average Bonchev–Trinajstić information content (AvgIpc) is 2.99. The largest absolute Gasteiger partial charge is 0.457 e. The van der Waals surface area contributed by atoms with Crippen molar-refractivity contribution in [1.82, 2.24) is 0 Å². The number of carbonyl (C=O) groups excluding carboxylic acids is 1. The van der Waals surface area contributed by atoms with Crippen molar-refractivity contribution in [3.63, 3.8) is 0 Å². The van der Waals surface area contributed by atoms with Gasteiger partial charge in [-0.1, -0.05) is 42.5 Å². The number of carbonyl (C=O) groups is 1. The Kier molecular flexibility index (Phi) is 4.94. The van der Waals surface area contributed by atoms with Crippen molar-refractivity contribution in [3.8, 4) is 17.4 Å². The van der Waals surface area contributed by atoms with Gasteiger partial charge in [-0.2, -0.15) is 5.26 Å². The molecule has 2 rings (SSSR count). The zero-order valence-corrected chi connectivity index (χ0v) is 12.2. The molecule has 4 nitrogen and oxygen atoms in total. The van der Waals surface area contributed by atoms with Crippen LogP contribution in [0, 0.1) is 18.3 Å². The van der Waals surface area contributed by atoms with Gasteiger partial charge in [-0.25, -0.2) is 4.79 Å². The molecule has 0 aliphatic heterocycles. The van der Waals surface area contributed by atoms with E-state index in [4.69, 9.17) is 14.4 Å². The Morgan fingerprint density at radius 1 is 1.32 bits per heavy atom. The van der Waals surface area contributed by atoms with Gasteiger partial charge >= 0.3 is 5.97 Å². The maximum Gasteiger partial charge on any atom is 0.349 e. The minimum atomic E-state index is -0.698. The molecular weight excluding hydrogens is 278 g/mol. The number of benzene rings is 1. The molecule has 0 saturated carbocycles. The van der Waals surface area contributed by atoms with Gasteiger partial charge in [0, 0.05) is 11.6 Å². The quantitative estimate of drug-likeness (QED) is 0.363. The van der Waals surface area contributed by atoms with Crippen LogP contribution in [0.1, 0.15) is 11.3 Å². The van der Waals surface area contributed by atoms with Gasteiger partial charge in [-0.15, -0.1) is 0 Å². The molecule has 110 valence electrons. The lowest BCUT2D eigenvalue weighted by Crippen LogP contribution is -2.06. The van der Waals surface area contributed by atoms with Crippen molar-refractivity contribution in [2.75, 3.05) is 6.61 Å². The van der Waals surface area contributed by atoms with Gasteiger partial charge in [0.25, 0.3) is 0 Å². The van der Waals surface area contributed by atoms with Crippen molar-refractivity contribution in [2.24, 2.45) is 0 Å². The summed E-state index contributed by atoms with van der Waals surface area (Å²) >= 11 is 0. The highest BCUT2D eigenvalue weighted by Gasteiger charge is 2.11. The Balaban J connectivity index is 2.21. The third kappa shape index (κ3) is 3.74. The molecule has 0 unspecified atom stereocenters. The summed E-state index contributed by atoms with van der Waals surface area (Å²) in [7, 11) is 0. The minimum Gasteiger partial charge on any atom is -0.457 e. The number of nitrogens with zero attached hydrogens (tertiary/aromatic N) is 1. The molecule has 0 fully saturated rings. The number of ether oxygens (including phenoxy) is 1. The number of hydrogen-bond acceptors (Lipinski definition) is 4. The van der Waals surface area contributed by atoms with Gasteiger partial charge in [0.1, 0.15) is 29.8 Å². The van der Waals surface area contributed by atoms with Crippen molar-refractivity contribution in [3.05, 3.63) is 65.9 Å². The maximum atomic E-state index is 11.6. The number of aryl methyl sites for hydroxylation is 1. The highest BCUT2D eigenvalue weighted by atomic mass is 16.5. The van der Waals surface area contributed by atoms with Crippen LogP contribution in [0.5, 0.6) is 0 Å². The number of nitriles is 1. The van der Waals surface area contributed by atoms with E-state index in [9.17, 15) is 4.79 Å². The molecule has 0 spiro atoms. The molecular formula is C18H15NO3. The van der Waals surface area contributed by atoms with Crippen molar-refractivity contribution >= 4 is 12.0 Å². The summed E-state index contributed by atoms with van der Waals surface area (Å²) in [5.74, 6) is 0.390. The van der Waals surface area contributed by atoms with Crippen molar-refractivity contribution < 1.29 is 13.9 Å². The fourth-order valence-corrected chi connectivity index (χ4v) is 1.79. The first-order valence-corrected chi connectivity index (χ1v) is 6.70. The second kappa shape index (κ2) is 7.09. The monoisotopic (exact) mass is 293 g/mol. The third-order valence-corrected chi connectivity index (χ3v) is 2.92. The lowest BCUT2D eigenvalue weighted by molar-refractivity contribution is -0.137. The van der Waals surface area contributed by atoms with Crippen LogP contribution in [0.25, 0.3) is 17.4 Å². The SMILES string of the molecule is C=CCOC(=O)C(C#N)=Cc1ccc(-c2ccc(C)cc2)o1. The molecule has 4 heteroatoms. The predicted molar refractivity (Wildman–Crippen MR) is 83.6 cm³/mol. The third-order valence-electron chi connectivity index (χ3n) is 2.92. The zero-order valence-electron chi connectivity index (χ0n) is 12.2. The number of hydrogen-bond donors (Lipinski definition) is 0. The standard InChI is InChI=1S/C18H15NO3/c1-3-10-21-18(20)15(12-19)11-16-8-9-17(22-16)14-6-4-13(2)5-7-14/h3-9,11H,1,10H2,2H3. The van der Waals surface area contributed by atoms with E-state index in [1.165, 1.54) is 12.2 Å². The van der Waals surface area contributed by atoms with E-state index in [-0.39, 0.29) is 12.2 Å². The van der Waals surface area contributed by atoms with Crippen molar-refractivity contribution in [1.29, 1.82) is 5.26 Å². The normalized spacial score (nSPS) is 10.8. The first kappa shape index (κ1) is 15.3. The van der Waals surface area contributed by atoms with Gasteiger partial charge in [-0.3, -0.25) is 0 Å². The van der Waals surface area contributed by atoms with E-state index in [1.54, 1.807) is 12.1 Å². The van der Waals surface area contributed by atoms with Crippen LogP contribution >= 0.6 is 0 Å². The van der Waals surface area contributed by atoms with Crippen LogP contribution < -0.4 is 0 Å². The van der Waals surface area contributed by atoms with E-state index >= 15 is 0 Å². The molecule has 0 aliphatic carbocycles. The summed E-state index contributed by atoms with van der Waals surface area (Å²) in [6, 6.07) is 13.2. The lowest BCUT2D eigenvalue weighted by atomic mass is 10.1. The van der Waals surface area contributed by atoms with Crippen molar-refractivity contribution in [2.45, 2.75) is 6.92 Å². The molecule has 0 radical (unpaired) electrons. The summed E-state index contributed by atoms with van der Waals surface area (Å²) in [6.45, 7) is 5.51. The molecule has 22 heavy (non-hydrogen) atoms. The molecule has 1 aromatic heterocycles. The summed E-state index contributed by atoms with van der Waals surface area (Å²) < 4.78 is 10.5. The highest BCUT2D eigenvalue weighted by Crippen LogP contribution is 2.23. The van der Waals surface area contributed by atoms with Gasteiger partial charge in [-0.05, 0) is 19.1 Å². The molecule has 0 atom stereocenters. The summed E-state index contributed by atoms with van der Waals surface area (Å²) in [5.41, 5.74) is 1.97. The van der Waals surface area contributed by atoms with E-state index in [0.717, 1.165) is 11.1 Å².